The summed E-state index contributed by atoms with van der Waals surface area (Å²) >= 11 is 0. The Morgan fingerprint density at radius 1 is 1.09 bits per heavy atom. The fourth-order valence-electron chi connectivity index (χ4n) is 2.88. The molecule has 1 aliphatic rings. The average molecular weight is 293 g/mol. The van der Waals surface area contributed by atoms with E-state index >= 15 is 0 Å². The van der Waals surface area contributed by atoms with Gasteiger partial charge in [-0.3, -0.25) is 4.79 Å². The molecule has 1 atom stereocenters. The normalized spacial score (nSPS) is 16.6. The number of hydrogen-bond donors (Lipinski definition) is 0. The Hall–Kier alpha value is -2.75. The minimum atomic E-state index is -0.0506. The summed E-state index contributed by atoms with van der Waals surface area (Å²) in [7, 11) is 0. The van der Waals surface area contributed by atoms with Crippen molar-refractivity contribution in [1.82, 2.24) is 4.57 Å². The lowest BCUT2D eigenvalue weighted by Gasteiger charge is -2.27. The van der Waals surface area contributed by atoms with Gasteiger partial charge in [-0.1, -0.05) is 24.3 Å². The van der Waals surface area contributed by atoms with Gasteiger partial charge in [-0.25, -0.2) is 0 Å². The lowest BCUT2D eigenvalue weighted by Crippen LogP contribution is -2.32. The van der Waals surface area contributed by atoms with E-state index in [-0.39, 0.29) is 6.10 Å². The molecule has 0 saturated carbocycles. The first kappa shape index (κ1) is 13.0. The fraction of sp³-hybridized carbons (Fsp3) is 0.167. The number of fused-ring (bicyclic) bond motifs is 2. The molecule has 4 heteroatoms. The van der Waals surface area contributed by atoms with Gasteiger partial charge in [0, 0.05) is 22.7 Å². The topological polar surface area (TPSA) is 40.5 Å². The zero-order valence-electron chi connectivity index (χ0n) is 11.9. The van der Waals surface area contributed by atoms with Crippen LogP contribution in [0.2, 0.25) is 0 Å². The number of aldehydes is 1. The Morgan fingerprint density at radius 3 is 2.82 bits per heavy atom. The van der Waals surface area contributed by atoms with Crippen LogP contribution in [0.15, 0.2) is 54.7 Å². The van der Waals surface area contributed by atoms with Crippen LogP contribution in [0.5, 0.6) is 11.5 Å². The van der Waals surface area contributed by atoms with E-state index in [1.165, 1.54) is 0 Å². The van der Waals surface area contributed by atoms with Gasteiger partial charge in [-0.2, -0.15) is 0 Å². The van der Waals surface area contributed by atoms with E-state index in [0.717, 1.165) is 28.7 Å². The van der Waals surface area contributed by atoms with Crippen LogP contribution in [-0.4, -0.2) is 23.6 Å². The van der Waals surface area contributed by atoms with Crippen LogP contribution in [0.3, 0.4) is 0 Å². The van der Waals surface area contributed by atoms with E-state index in [1.807, 2.05) is 54.7 Å². The summed E-state index contributed by atoms with van der Waals surface area (Å²) < 4.78 is 13.8. The maximum Gasteiger partial charge on any atom is 0.161 e. The molecule has 1 aliphatic heterocycles. The summed E-state index contributed by atoms with van der Waals surface area (Å²) in [6, 6.07) is 15.4. The predicted octanol–water partition coefficient (Wildman–Crippen LogP) is 3.29. The Bertz CT molecular complexity index is 837. The molecular weight excluding hydrogens is 278 g/mol. The molecule has 1 aromatic heterocycles. The summed E-state index contributed by atoms with van der Waals surface area (Å²) in [6.45, 7) is 1.20. The molecule has 3 aromatic rings. The van der Waals surface area contributed by atoms with E-state index in [9.17, 15) is 4.79 Å². The molecule has 0 radical (unpaired) electrons. The van der Waals surface area contributed by atoms with Gasteiger partial charge < -0.3 is 14.0 Å². The molecule has 0 fully saturated rings. The average Bonchev–Trinajstić information content (AvgIpc) is 2.98. The summed E-state index contributed by atoms with van der Waals surface area (Å²) in [5.74, 6) is 1.57. The monoisotopic (exact) mass is 293 g/mol. The van der Waals surface area contributed by atoms with Gasteiger partial charge in [0.25, 0.3) is 0 Å². The van der Waals surface area contributed by atoms with Gasteiger partial charge >= 0.3 is 0 Å². The largest absolute Gasteiger partial charge is 0.486 e. The molecule has 0 bridgehead atoms. The number of carbonyl (C=O) groups excluding carboxylic acids is 1. The van der Waals surface area contributed by atoms with Crippen molar-refractivity contribution < 1.29 is 14.3 Å². The molecule has 1 unspecified atom stereocenters. The standard InChI is InChI=1S/C18H15NO3/c20-11-13-4-3-5-16-15(13)8-9-19(16)10-14-12-21-17-6-1-2-7-18(17)22-14/h1-9,11,14H,10,12H2. The van der Waals surface area contributed by atoms with Crippen molar-refractivity contribution in [2.24, 2.45) is 0 Å². The zero-order chi connectivity index (χ0) is 14.9. The number of hydrogen-bond acceptors (Lipinski definition) is 3. The van der Waals surface area contributed by atoms with Crippen LogP contribution in [0.4, 0.5) is 0 Å². The van der Waals surface area contributed by atoms with E-state index < -0.39 is 0 Å². The Morgan fingerprint density at radius 2 is 1.95 bits per heavy atom. The number of para-hydroxylation sites is 2. The van der Waals surface area contributed by atoms with Gasteiger partial charge in [0.1, 0.15) is 6.61 Å². The first-order chi connectivity index (χ1) is 10.8. The molecule has 110 valence electrons. The molecular formula is C18H15NO3. The molecule has 0 saturated heterocycles. The van der Waals surface area contributed by atoms with Crippen molar-refractivity contribution >= 4 is 17.2 Å². The number of carbonyl (C=O) groups is 1. The number of ether oxygens (including phenoxy) is 2. The molecule has 0 aliphatic carbocycles. The van der Waals surface area contributed by atoms with E-state index in [0.29, 0.717) is 18.7 Å². The zero-order valence-corrected chi connectivity index (χ0v) is 11.9. The molecule has 4 rings (SSSR count). The van der Waals surface area contributed by atoms with E-state index in [1.54, 1.807) is 0 Å². The SMILES string of the molecule is O=Cc1cccc2c1ccn2CC1COc2ccccc2O1. The van der Waals surface area contributed by atoms with Crippen LogP contribution in [0, 0.1) is 0 Å². The van der Waals surface area contributed by atoms with Gasteiger partial charge in [0.05, 0.1) is 6.54 Å². The summed E-state index contributed by atoms with van der Waals surface area (Å²) in [5, 5.41) is 0.967. The first-order valence-electron chi connectivity index (χ1n) is 7.26. The van der Waals surface area contributed by atoms with E-state index in [4.69, 9.17) is 9.47 Å². The third-order valence-electron chi connectivity index (χ3n) is 3.94. The highest BCUT2D eigenvalue weighted by molar-refractivity contribution is 5.97. The van der Waals surface area contributed by atoms with Crippen LogP contribution in [-0.2, 0) is 6.54 Å². The second kappa shape index (κ2) is 5.22. The van der Waals surface area contributed by atoms with Crippen LogP contribution < -0.4 is 9.47 Å². The Kier molecular flexibility index (Phi) is 3.07. The maximum absolute atomic E-state index is 11.1. The quantitative estimate of drug-likeness (QED) is 0.696. The van der Waals surface area contributed by atoms with Gasteiger partial charge in [0.2, 0.25) is 0 Å². The number of rotatable bonds is 3. The van der Waals surface area contributed by atoms with Gasteiger partial charge in [0.15, 0.2) is 23.9 Å². The second-order valence-electron chi connectivity index (χ2n) is 5.36. The number of aromatic nitrogens is 1. The summed E-state index contributed by atoms with van der Waals surface area (Å²) in [5.41, 5.74) is 1.74. The number of benzene rings is 2. The summed E-state index contributed by atoms with van der Waals surface area (Å²) in [4.78, 5) is 11.1. The van der Waals surface area contributed by atoms with Crippen LogP contribution >= 0.6 is 0 Å². The highest BCUT2D eigenvalue weighted by Gasteiger charge is 2.21. The maximum atomic E-state index is 11.1. The second-order valence-corrected chi connectivity index (χ2v) is 5.36. The molecule has 2 aromatic carbocycles. The van der Waals surface area contributed by atoms with Crippen molar-refractivity contribution in [3.63, 3.8) is 0 Å². The minimum absolute atomic E-state index is 0.0506. The van der Waals surface area contributed by atoms with Gasteiger partial charge in [-0.15, -0.1) is 0 Å². The van der Waals surface area contributed by atoms with Crippen molar-refractivity contribution in [3.8, 4) is 11.5 Å². The lowest BCUT2D eigenvalue weighted by molar-refractivity contribution is 0.0794. The molecule has 0 amide bonds. The van der Waals surface area contributed by atoms with Crippen LogP contribution in [0.25, 0.3) is 10.9 Å². The molecule has 22 heavy (non-hydrogen) atoms. The van der Waals surface area contributed by atoms with Crippen LogP contribution in [0.1, 0.15) is 10.4 Å². The highest BCUT2D eigenvalue weighted by Crippen LogP contribution is 2.31. The number of nitrogens with zero attached hydrogens (tertiary/aromatic N) is 1. The Labute approximate surface area is 127 Å². The van der Waals surface area contributed by atoms with Crippen molar-refractivity contribution in [2.75, 3.05) is 6.61 Å². The minimum Gasteiger partial charge on any atom is -0.486 e. The molecule has 0 spiro atoms. The highest BCUT2D eigenvalue weighted by atomic mass is 16.6. The first-order valence-corrected chi connectivity index (χ1v) is 7.26. The van der Waals surface area contributed by atoms with Crippen molar-refractivity contribution in [1.29, 1.82) is 0 Å². The van der Waals surface area contributed by atoms with Crippen molar-refractivity contribution in [3.05, 3.63) is 60.3 Å². The predicted molar refractivity (Wildman–Crippen MR) is 83.7 cm³/mol. The third kappa shape index (κ3) is 2.13. The third-order valence-corrected chi connectivity index (χ3v) is 3.94. The lowest BCUT2D eigenvalue weighted by atomic mass is 10.1. The van der Waals surface area contributed by atoms with Crippen molar-refractivity contribution in [2.45, 2.75) is 12.6 Å². The van der Waals surface area contributed by atoms with E-state index in [2.05, 4.69) is 4.57 Å². The Balaban J connectivity index is 1.61. The van der Waals surface area contributed by atoms with Gasteiger partial charge in [-0.05, 0) is 24.3 Å². The molecule has 4 nitrogen and oxygen atoms in total. The summed E-state index contributed by atoms with van der Waals surface area (Å²) in [6.07, 6.45) is 2.83. The fourth-order valence-corrected chi connectivity index (χ4v) is 2.88. The molecule has 2 heterocycles. The smallest absolute Gasteiger partial charge is 0.161 e. The molecule has 0 N–H and O–H groups in total.